The number of carbonyl (C=O) groups is 1. The number of hydrogen-bond donors (Lipinski definition) is 1. The normalized spacial score (nSPS) is 15.2. The zero-order valence-corrected chi connectivity index (χ0v) is 18.0. The number of benzene rings is 1. The van der Waals surface area contributed by atoms with Crippen molar-refractivity contribution in [3.8, 4) is 23.2 Å². The highest BCUT2D eigenvalue weighted by atomic mass is 16.5. The SMILES string of the molecule is CCCOc1c(OC)cccc1[C@@H]1CC(=O)Nc2c1c(C)nn2-c1ccc(OC)nn1. The highest BCUT2D eigenvalue weighted by molar-refractivity contribution is 5.95. The third-order valence-electron chi connectivity index (χ3n) is 5.21. The summed E-state index contributed by atoms with van der Waals surface area (Å²) in [5.41, 5.74) is 2.61. The van der Waals surface area contributed by atoms with Gasteiger partial charge in [0.2, 0.25) is 11.8 Å². The summed E-state index contributed by atoms with van der Waals surface area (Å²) in [6.07, 6.45) is 1.14. The first-order valence-electron chi connectivity index (χ1n) is 10.1. The summed E-state index contributed by atoms with van der Waals surface area (Å²) in [7, 11) is 3.14. The summed E-state index contributed by atoms with van der Waals surface area (Å²) in [4.78, 5) is 12.7. The molecule has 1 atom stereocenters. The molecule has 4 rings (SSSR count). The molecule has 31 heavy (non-hydrogen) atoms. The number of fused-ring (bicyclic) bond motifs is 1. The van der Waals surface area contributed by atoms with E-state index in [9.17, 15) is 4.79 Å². The zero-order valence-electron chi connectivity index (χ0n) is 18.0. The Labute approximate surface area is 180 Å². The number of carbonyl (C=O) groups excluding carboxylic acids is 1. The molecule has 9 heteroatoms. The van der Waals surface area contributed by atoms with Crippen molar-refractivity contribution in [2.75, 3.05) is 26.1 Å². The second-order valence-corrected chi connectivity index (χ2v) is 7.23. The maximum atomic E-state index is 12.7. The van der Waals surface area contributed by atoms with Gasteiger partial charge in [0.1, 0.15) is 5.82 Å². The van der Waals surface area contributed by atoms with Crippen molar-refractivity contribution in [2.24, 2.45) is 0 Å². The lowest BCUT2D eigenvalue weighted by atomic mass is 9.85. The minimum absolute atomic E-state index is 0.107. The molecule has 0 aliphatic carbocycles. The van der Waals surface area contributed by atoms with Crippen molar-refractivity contribution in [3.63, 3.8) is 0 Å². The molecule has 0 bridgehead atoms. The van der Waals surface area contributed by atoms with Crippen LogP contribution in [0.25, 0.3) is 5.82 Å². The molecule has 1 aliphatic heterocycles. The van der Waals surface area contributed by atoms with Gasteiger partial charge in [-0.3, -0.25) is 4.79 Å². The largest absolute Gasteiger partial charge is 0.493 e. The summed E-state index contributed by atoms with van der Waals surface area (Å²) in [5.74, 6) is 2.44. The molecule has 0 radical (unpaired) electrons. The van der Waals surface area contributed by atoms with Crippen LogP contribution in [0.2, 0.25) is 0 Å². The van der Waals surface area contributed by atoms with Gasteiger partial charge in [0.05, 0.1) is 26.5 Å². The van der Waals surface area contributed by atoms with Crippen LogP contribution in [0.5, 0.6) is 17.4 Å². The van der Waals surface area contributed by atoms with E-state index in [1.807, 2.05) is 32.0 Å². The molecule has 1 amide bonds. The molecule has 1 aliphatic rings. The van der Waals surface area contributed by atoms with Gasteiger partial charge >= 0.3 is 0 Å². The molecular formula is C22H25N5O4. The van der Waals surface area contributed by atoms with Gasteiger partial charge in [0.15, 0.2) is 17.3 Å². The Bertz CT molecular complexity index is 1090. The number of amides is 1. The van der Waals surface area contributed by atoms with E-state index in [1.54, 1.807) is 23.9 Å². The highest BCUT2D eigenvalue weighted by Crippen LogP contribution is 2.45. The number of nitrogens with zero attached hydrogens (tertiary/aromatic N) is 4. The first-order valence-corrected chi connectivity index (χ1v) is 10.1. The molecule has 0 saturated carbocycles. The number of aryl methyl sites for hydroxylation is 1. The second-order valence-electron chi connectivity index (χ2n) is 7.23. The molecule has 3 aromatic rings. The van der Waals surface area contributed by atoms with E-state index >= 15 is 0 Å². The summed E-state index contributed by atoms with van der Waals surface area (Å²) in [5, 5.41) is 15.8. The van der Waals surface area contributed by atoms with Crippen molar-refractivity contribution in [1.82, 2.24) is 20.0 Å². The molecule has 1 aromatic carbocycles. The van der Waals surface area contributed by atoms with E-state index in [1.165, 1.54) is 7.11 Å². The average molecular weight is 423 g/mol. The Morgan fingerprint density at radius 3 is 2.68 bits per heavy atom. The van der Waals surface area contributed by atoms with Gasteiger partial charge in [-0.05, 0) is 25.5 Å². The number of nitrogens with one attached hydrogen (secondary N) is 1. The van der Waals surface area contributed by atoms with Gasteiger partial charge in [-0.25, -0.2) is 0 Å². The first-order chi connectivity index (χ1) is 15.1. The Morgan fingerprint density at radius 1 is 1.16 bits per heavy atom. The van der Waals surface area contributed by atoms with E-state index in [-0.39, 0.29) is 18.2 Å². The van der Waals surface area contributed by atoms with E-state index in [2.05, 4.69) is 20.6 Å². The van der Waals surface area contributed by atoms with Gasteiger partial charge in [-0.1, -0.05) is 19.1 Å². The predicted molar refractivity (Wildman–Crippen MR) is 114 cm³/mol. The smallest absolute Gasteiger partial charge is 0.233 e. The third kappa shape index (κ3) is 3.78. The Kier molecular flexibility index (Phi) is 5.75. The van der Waals surface area contributed by atoms with E-state index in [0.29, 0.717) is 35.6 Å². The quantitative estimate of drug-likeness (QED) is 0.622. The van der Waals surface area contributed by atoms with Crippen LogP contribution in [-0.2, 0) is 4.79 Å². The molecule has 0 spiro atoms. The van der Waals surface area contributed by atoms with Crippen molar-refractivity contribution < 1.29 is 19.0 Å². The Morgan fingerprint density at radius 2 is 2.00 bits per heavy atom. The predicted octanol–water partition coefficient (Wildman–Crippen LogP) is 3.25. The second kappa shape index (κ2) is 8.63. The van der Waals surface area contributed by atoms with Gasteiger partial charge in [-0.2, -0.15) is 9.78 Å². The number of ether oxygens (including phenoxy) is 3. The zero-order chi connectivity index (χ0) is 22.0. The van der Waals surface area contributed by atoms with Crippen LogP contribution in [0.1, 0.15) is 42.5 Å². The molecular weight excluding hydrogens is 398 g/mol. The topological polar surface area (TPSA) is 100 Å². The van der Waals surface area contributed by atoms with Gasteiger partial charge in [0.25, 0.3) is 0 Å². The third-order valence-corrected chi connectivity index (χ3v) is 5.21. The molecule has 0 unspecified atom stereocenters. The fourth-order valence-corrected chi connectivity index (χ4v) is 3.84. The average Bonchev–Trinajstić information content (AvgIpc) is 3.13. The van der Waals surface area contributed by atoms with E-state index < -0.39 is 0 Å². The molecule has 2 aromatic heterocycles. The van der Waals surface area contributed by atoms with Gasteiger partial charge in [0, 0.05) is 29.5 Å². The summed E-state index contributed by atoms with van der Waals surface area (Å²) in [6.45, 7) is 4.52. The lowest BCUT2D eigenvalue weighted by molar-refractivity contribution is -0.116. The summed E-state index contributed by atoms with van der Waals surface area (Å²) in [6, 6.07) is 9.20. The first kappa shape index (κ1) is 20.6. The van der Waals surface area contributed by atoms with Crippen LogP contribution in [0, 0.1) is 6.92 Å². The number of aromatic nitrogens is 4. The van der Waals surface area contributed by atoms with Crippen molar-refractivity contribution in [1.29, 1.82) is 0 Å². The van der Waals surface area contributed by atoms with Crippen LogP contribution in [-0.4, -0.2) is 46.7 Å². The molecule has 162 valence electrons. The van der Waals surface area contributed by atoms with Crippen LogP contribution in [0.3, 0.4) is 0 Å². The minimum Gasteiger partial charge on any atom is -0.493 e. The van der Waals surface area contributed by atoms with Crippen LogP contribution in [0.15, 0.2) is 30.3 Å². The molecule has 9 nitrogen and oxygen atoms in total. The number of hydrogen-bond acceptors (Lipinski definition) is 7. The van der Waals surface area contributed by atoms with E-state index in [4.69, 9.17) is 14.2 Å². The number of para-hydroxylation sites is 1. The van der Waals surface area contributed by atoms with Gasteiger partial charge < -0.3 is 19.5 Å². The maximum Gasteiger partial charge on any atom is 0.233 e. The summed E-state index contributed by atoms with van der Waals surface area (Å²) < 4.78 is 18.3. The monoisotopic (exact) mass is 423 g/mol. The Hall–Kier alpha value is -3.62. The minimum atomic E-state index is -0.231. The fraction of sp³-hybridized carbons (Fsp3) is 0.364. The van der Waals surface area contributed by atoms with Crippen molar-refractivity contribution in [2.45, 2.75) is 32.6 Å². The van der Waals surface area contributed by atoms with Gasteiger partial charge in [-0.15, -0.1) is 10.2 Å². The highest BCUT2D eigenvalue weighted by Gasteiger charge is 2.35. The number of methoxy groups -OCH3 is 2. The molecule has 0 fully saturated rings. The standard InChI is InChI=1S/C22H25N5O4/c1-5-11-31-21-14(7-6-8-16(21)29-3)15-12-18(28)23-22-20(15)13(2)26-27(22)17-9-10-19(30-4)25-24-17/h6-10,15H,5,11-12H2,1-4H3,(H,23,28)/t15-/m0/s1. The number of rotatable bonds is 7. The van der Waals surface area contributed by atoms with Crippen molar-refractivity contribution >= 4 is 11.7 Å². The lowest BCUT2D eigenvalue weighted by Gasteiger charge is -2.26. The maximum absolute atomic E-state index is 12.7. The fourth-order valence-electron chi connectivity index (χ4n) is 3.84. The lowest BCUT2D eigenvalue weighted by Crippen LogP contribution is -2.25. The van der Waals surface area contributed by atoms with Crippen LogP contribution >= 0.6 is 0 Å². The number of anilines is 1. The summed E-state index contributed by atoms with van der Waals surface area (Å²) >= 11 is 0. The molecule has 0 saturated heterocycles. The molecule has 1 N–H and O–H groups in total. The van der Waals surface area contributed by atoms with Crippen molar-refractivity contribution in [3.05, 3.63) is 47.2 Å². The van der Waals surface area contributed by atoms with E-state index in [0.717, 1.165) is 23.2 Å². The molecule has 3 heterocycles. The van der Waals surface area contributed by atoms with Crippen LogP contribution < -0.4 is 19.5 Å². The Balaban J connectivity index is 1.84. The van der Waals surface area contributed by atoms with Crippen LogP contribution in [0.4, 0.5) is 5.82 Å².